The molecule has 0 bridgehead atoms. The summed E-state index contributed by atoms with van der Waals surface area (Å²) >= 11 is 0. The molecule has 0 aromatic heterocycles. The van der Waals surface area contributed by atoms with Gasteiger partial charge in [-0.1, -0.05) is 56.5 Å². The van der Waals surface area contributed by atoms with Gasteiger partial charge in [0.05, 0.1) is 31.2 Å². The number of ether oxygens (including phenoxy) is 1. The van der Waals surface area contributed by atoms with Crippen molar-refractivity contribution in [3.8, 4) is 5.75 Å². The Morgan fingerprint density at radius 3 is 2.55 bits per heavy atom. The number of likely N-dealkylation sites (N-methyl/N-ethyl adjacent to an activating group) is 1. The number of aliphatic hydroxyl groups excluding tert-OH is 1. The van der Waals surface area contributed by atoms with E-state index < -0.39 is 6.04 Å². The Morgan fingerprint density at radius 1 is 1.12 bits per heavy atom. The lowest BCUT2D eigenvalue weighted by atomic mass is 9.96. The van der Waals surface area contributed by atoms with E-state index in [4.69, 9.17) is 4.74 Å². The predicted octanol–water partition coefficient (Wildman–Crippen LogP) is 4.06. The van der Waals surface area contributed by atoms with Gasteiger partial charge in [0, 0.05) is 31.2 Å². The average molecular weight is 551 g/mol. The van der Waals surface area contributed by atoms with Crippen LogP contribution in [0.3, 0.4) is 0 Å². The second-order valence-electron chi connectivity index (χ2n) is 11.2. The van der Waals surface area contributed by atoms with E-state index in [1.54, 1.807) is 42.0 Å². The van der Waals surface area contributed by atoms with Crippen LogP contribution in [0, 0.1) is 5.92 Å². The monoisotopic (exact) mass is 550 g/mol. The first kappa shape index (κ1) is 29.4. The fourth-order valence-corrected chi connectivity index (χ4v) is 5.39. The topological polar surface area (TPSA) is 111 Å². The molecule has 1 heterocycles. The molecule has 9 heteroatoms. The van der Waals surface area contributed by atoms with Gasteiger partial charge in [-0.15, -0.1) is 0 Å². The molecule has 3 atom stereocenters. The van der Waals surface area contributed by atoms with Gasteiger partial charge in [-0.25, -0.2) is 4.79 Å². The average Bonchev–Trinajstić information content (AvgIpc) is 2.95. The summed E-state index contributed by atoms with van der Waals surface area (Å²) in [6.07, 6.45) is 5.32. The van der Waals surface area contributed by atoms with Crippen LogP contribution in [-0.4, -0.2) is 77.7 Å². The fourth-order valence-electron chi connectivity index (χ4n) is 5.39. The summed E-state index contributed by atoms with van der Waals surface area (Å²) in [5.74, 6) is -0.187. The Kier molecular flexibility index (Phi) is 10.0. The summed E-state index contributed by atoms with van der Waals surface area (Å²) in [5.41, 5.74) is 1.69. The second-order valence-corrected chi connectivity index (χ2v) is 11.2. The number of nitrogens with one attached hydrogen (secondary N) is 2. The maximum absolute atomic E-state index is 13.7. The Bertz CT molecular complexity index is 1170. The number of nitrogens with zero attached hydrogens (tertiary/aromatic N) is 2. The van der Waals surface area contributed by atoms with Crippen molar-refractivity contribution in [3.63, 3.8) is 0 Å². The van der Waals surface area contributed by atoms with E-state index in [-0.39, 0.29) is 48.9 Å². The highest BCUT2D eigenvalue weighted by molar-refractivity contribution is 6.00. The van der Waals surface area contributed by atoms with Gasteiger partial charge in [-0.2, -0.15) is 0 Å². The number of anilines is 1. The third-order valence-electron chi connectivity index (χ3n) is 7.89. The smallest absolute Gasteiger partial charge is 0.317 e. The van der Waals surface area contributed by atoms with E-state index in [0.29, 0.717) is 30.1 Å². The van der Waals surface area contributed by atoms with Gasteiger partial charge in [-0.05, 0) is 43.5 Å². The minimum absolute atomic E-state index is 0.110. The third kappa shape index (κ3) is 7.53. The zero-order chi connectivity index (χ0) is 28.6. The Labute approximate surface area is 236 Å². The van der Waals surface area contributed by atoms with Crippen LogP contribution in [-0.2, 0) is 11.2 Å². The summed E-state index contributed by atoms with van der Waals surface area (Å²) in [6, 6.07) is 14.2. The van der Waals surface area contributed by atoms with Crippen LogP contribution in [0.2, 0.25) is 0 Å². The number of benzene rings is 2. The van der Waals surface area contributed by atoms with Crippen LogP contribution in [0.15, 0.2) is 48.5 Å². The van der Waals surface area contributed by atoms with Crippen molar-refractivity contribution in [1.82, 2.24) is 15.1 Å². The molecular formula is C31H42N4O5. The van der Waals surface area contributed by atoms with Crippen molar-refractivity contribution in [2.45, 2.75) is 70.6 Å². The Morgan fingerprint density at radius 2 is 1.85 bits per heavy atom. The highest BCUT2D eigenvalue weighted by atomic mass is 16.5. The van der Waals surface area contributed by atoms with Gasteiger partial charge in [0.1, 0.15) is 11.9 Å². The van der Waals surface area contributed by atoms with Gasteiger partial charge in [0.15, 0.2) is 0 Å². The Hall–Kier alpha value is -3.59. The van der Waals surface area contributed by atoms with E-state index in [1.807, 2.05) is 37.3 Å². The molecule has 0 saturated heterocycles. The quantitative estimate of drug-likeness (QED) is 0.459. The first-order chi connectivity index (χ1) is 19.2. The normalized spacial score (nSPS) is 20.4. The van der Waals surface area contributed by atoms with E-state index in [0.717, 1.165) is 31.2 Å². The lowest BCUT2D eigenvalue weighted by Crippen LogP contribution is -2.52. The van der Waals surface area contributed by atoms with Gasteiger partial charge in [0.25, 0.3) is 5.91 Å². The number of hydrogen-bond acceptors (Lipinski definition) is 5. The van der Waals surface area contributed by atoms with E-state index in [1.165, 1.54) is 6.42 Å². The van der Waals surface area contributed by atoms with E-state index in [2.05, 4.69) is 10.6 Å². The van der Waals surface area contributed by atoms with Crippen LogP contribution in [0.1, 0.15) is 61.9 Å². The van der Waals surface area contributed by atoms with Gasteiger partial charge >= 0.3 is 6.03 Å². The van der Waals surface area contributed by atoms with Crippen LogP contribution in [0.25, 0.3) is 0 Å². The first-order valence-corrected chi connectivity index (χ1v) is 14.3. The molecule has 3 N–H and O–H groups in total. The number of hydrogen-bond donors (Lipinski definition) is 3. The van der Waals surface area contributed by atoms with Gasteiger partial charge in [-0.3, -0.25) is 9.59 Å². The summed E-state index contributed by atoms with van der Waals surface area (Å²) in [5, 5.41) is 15.9. The van der Waals surface area contributed by atoms with E-state index in [9.17, 15) is 19.5 Å². The molecule has 4 amide bonds. The lowest BCUT2D eigenvalue weighted by molar-refractivity contribution is -0.115. The number of aliphatic hydroxyl groups is 1. The first-order valence-electron chi connectivity index (χ1n) is 14.3. The van der Waals surface area contributed by atoms with Crippen molar-refractivity contribution >= 4 is 23.5 Å². The molecule has 4 rings (SSSR count). The molecule has 2 aliphatic rings. The summed E-state index contributed by atoms with van der Waals surface area (Å²) < 4.78 is 6.40. The SMILES string of the molecule is C[C@H]1CN([C@@H](C)CO)C(=O)c2cc(NC(=O)Cc3ccccc3)ccc2O[C@H]1CN(C)C(=O)NC1CCCCC1. The second kappa shape index (κ2) is 13.7. The van der Waals surface area contributed by atoms with E-state index >= 15 is 0 Å². The van der Waals surface area contributed by atoms with Crippen molar-refractivity contribution in [3.05, 3.63) is 59.7 Å². The molecule has 0 spiro atoms. The molecule has 2 aromatic carbocycles. The van der Waals surface area contributed by atoms with Gasteiger partial charge < -0.3 is 30.3 Å². The zero-order valence-corrected chi connectivity index (χ0v) is 23.8. The van der Waals surface area contributed by atoms with Crippen LogP contribution in [0.4, 0.5) is 10.5 Å². The molecule has 1 saturated carbocycles. The highest BCUT2D eigenvalue weighted by Gasteiger charge is 2.34. The standard InChI is InChI=1S/C31H42N4O5/c1-21-18-35(22(2)20-36)30(38)26-17-25(32-29(37)16-23-10-6-4-7-11-23)14-15-27(26)40-28(21)19-34(3)31(39)33-24-12-8-5-9-13-24/h4,6-7,10-11,14-15,17,21-22,24,28,36H,5,8-9,12-13,16,18-20H2,1-3H3,(H,32,37)(H,33,39)/t21-,22-,28-/m0/s1. The molecule has 216 valence electrons. The number of fused-ring (bicyclic) bond motifs is 1. The highest BCUT2D eigenvalue weighted by Crippen LogP contribution is 2.31. The van der Waals surface area contributed by atoms with Crippen LogP contribution in [0.5, 0.6) is 5.75 Å². The molecule has 40 heavy (non-hydrogen) atoms. The number of urea groups is 1. The number of amides is 4. The number of carbonyl (C=O) groups is 3. The minimum atomic E-state index is -0.412. The third-order valence-corrected chi connectivity index (χ3v) is 7.89. The molecule has 1 aliphatic carbocycles. The van der Waals surface area contributed by atoms with Crippen LogP contribution < -0.4 is 15.4 Å². The molecule has 1 fully saturated rings. The number of rotatable bonds is 8. The minimum Gasteiger partial charge on any atom is -0.487 e. The summed E-state index contributed by atoms with van der Waals surface area (Å²) in [4.78, 5) is 42.6. The summed E-state index contributed by atoms with van der Waals surface area (Å²) in [6.45, 7) is 4.30. The molecule has 9 nitrogen and oxygen atoms in total. The van der Waals surface area contributed by atoms with Crippen LogP contribution >= 0.6 is 0 Å². The number of carbonyl (C=O) groups excluding carboxylic acids is 3. The predicted molar refractivity (Wildman–Crippen MR) is 154 cm³/mol. The largest absolute Gasteiger partial charge is 0.487 e. The van der Waals surface area contributed by atoms with Crippen molar-refractivity contribution < 1.29 is 24.2 Å². The maximum atomic E-state index is 13.7. The molecule has 1 aliphatic heterocycles. The van der Waals surface area contributed by atoms with Crippen molar-refractivity contribution in [2.24, 2.45) is 5.92 Å². The lowest BCUT2D eigenvalue weighted by Gasteiger charge is -2.38. The van der Waals surface area contributed by atoms with Crippen molar-refractivity contribution in [1.29, 1.82) is 0 Å². The van der Waals surface area contributed by atoms with Gasteiger partial charge in [0.2, 0.25) is 5.91 Å². The fraction of sp³-hybridized carbons (Fsp3) is 0.516. The van der Waals surface area contributed by atoms with Crippen molar-refractivity contribution in [2.75, 3.05) is 32.1 Å². The maximum Gasteiger partial charge on any atom is 0.317 e. The molecule has 2 aromatic rings. The molecular weight excluding hydrogens is 508 g/mol. The summed E-state index contributed by atoms with van der Waals surface area (Å²) in [7, 11) is 1.76. The Balaban J connectivity index is 1.53. The molecule has 0 radical (unpaired) electrons. The zero-order valence-electron chi connectivity index (χ0n) is 23.8. The molecule has 0 unspecified atom stereocenters.